The zero-order valence-corrected chi connectivity index (χ0v) is 12.4. The molecule has 1 saturated heterocycles. The van der Waals surface area contributed by atoms with Gasteiger partial charge in [-0.1, -0.05) is 6.92 Å². The van der Waals surface area contributed by atoms with E-state index in [0.717, 1.165) is 5.56 Å². The first-order valence-electron chi connectivity index (χ1n) is 7.16. The zero-order chi connectivity index (χ0) is 15.5. The van der Waals surface area contributed by atoms with Gasteiger partial charge in [0.1, 0.15) is 11.5 Å². The van der Waals surface area contributed by atoms with Crippen molar-refractivity contribution in [2.24, 2.45) is 5.92 Å². The zero-order valence-electron chi connectivity index (χ0n) is 12.4. The van der Waals surface area contributed by atoms with E-state index in [0.29, 0.717) is 11.5 Å². The number of hydrazine groups is 1. The van der Waals surface area contributed by atoms with Gasteiger partial charge in [-0.05, 0) is 30.7 Å². The molecule has 2 aromatic rings. The fraction of sp³-hybridized carbons (Fsp3) is 0.333. The summed E-state index contributed by atoms with van der Waals surface area (Å²) in [5, 5.41) is 2.95. The minimum atomic E-state index is -0.216. The van der Waals surface area contributed by atoms with Gasteiger partial charge in [0.05, 0.1) is 12.2 Å². The molecule has 3 rings (SSSR count). The number of aryl methyl sites for hydroxylation is 1. The summed E-state index contributed by atoms with van der Waals surface area (Å²) in [4.78, 5) is 24.4. The molecule has 7 nitrogen and oxygen atoms in total. The first-order valence-corrected chi connectivity index (χ1v) is 7.16. The summed E-state index contributed by atoms with van der Waals surface area (Å²) >= 11 is 0. The summed E-state index contributed by atoms with van der Waals surface area (Å²) in [7, 11) is 0. The van der Waals surface area contributed by atoms with Gasteiger partial charge in [-0.2, -0.15) is 0 Å². The molecule has 3 atom stereocenters. The normalized spacial score (nSPS) is 24.2. The van der Waals surface area contributed by atoms with Crippen LogP contribution in [0.4, 0.5) is 0 Å². The summed E-state index contributed by atoms with van der Waals surface area (Å²) in [6.45, 7) is 3.84. The van der Waals surface area contributed by atoms with Crippen molar-refractivity contribution in [1.29, 1.82) is 0 Å². The summed E-state index contributed by atoms with van der Waals surface area (Å²) in [5.74, 6) is 0.536. The van der Waals surface area contributed by atoms with Crippen molar-refractivity contribution >= 4 is 5.91 Å². The Kier molecular flexibility index (Phi) is 4.08. The van der Waals surface area contributed by atoms with Crippen LogP contribution in [-0.4, -0.2) is 27.0 Å². The van der Waals surface area contributed by atoms with Crippen LogP contribution in [0.5, 0.6) is 0 Å². The number of hydrogen-bond acceptors (Lipinski definition) is 6. The number of nitrogens with zero attached hydrogens (tertiary/aromatic N) is 3. The van der Waals surface area contributed by atoms with E-state index in [4.69, 9.17) is 0 Å². The molecule has 0 radical (unpaired) electrons. The molecule has 3 unspecified atom stereocenters. The average Bonchev–Trinajstić information content (AvgIpc) is 2.89. The first kappa shape index (κ1) is 14.6. The number of nitrogens with one attached hydrogen (secondary N) is 3. The van der Waals surface area contributed by atoms with Crippen LogP contribution in [0, 0.1) is 12.8 Å². The van der Waals surface area contributed by atoms with E-state index in [9.17, 15) is 4.79 Å². The molecule has 1 aliphatic heterocycles. The lowest BCUT2D eigenvalue weighted by atomic mass is 9.95. The molecule has 7 heteroatoms. The molecule has 1 fully saturated rings. The second-order valence-corrected chi connectivity index (χ2v) is 5.35. The second kappa shape index (κ2) is 6.17. The number of rotatable bonds is 3. The predicted molar refractivity (Wildman–Crippen MR) is 80.4 cm³/mol. The minimum Gasteiger partial charge on any atom is -0.334 e. The molecule has 114 valence electrons. The van der Waals surface area contributed by atoms with Crippen LogP contribution in [0.2, 0.25) is 0 Å². The number of aromatic nitrogens is 3. The molecule has 1 amide bonds. The third kappa shape index (κ3) is 2.95. The van der Waals surface area contributed by atoms with Gasteiger partial charge in [0.15, 0.2) is 0 Å². The Balaban J connectivity index is 1.68. The quantitative estimate of drug-likeness (QED) is 0.773. The van der Waals surface area contributed by atoms with Crippen molar-refractivity contribution in [2.45, 2.75) is 26.1 Å². The molecular weight excluding hydrogens is 280 g/mol. The highest BCUT2D eigenvalue weighted by Crippen LogP contribution is 2.26. The molecule has 0 aliphatic carbocycles. The SMILES string of the molecule is Cc1nccc(C(=O)NC2NNC(c3ccncc3)C2C)n1. The number of hydrogen-bond donors (Lipinski definition) is 3. The Morgan fingerprint density at radius 1 is 1.18 bits per heavy atom. The van der Waals surface area contributed by atoms with Gasteiger partial charge >= 0.3 is 0 Å². The smallest absolute Gasteiger partial charge is 0.271 e. The van der Waals surface area contributed by atoms with Crippen molar-refractivity contribution in [2.75, 3.05) is 0 Å². The lowest BCUT2D eigenvalue weighted by Gasteiger charge is -2.19. The Hall–Kier alpha value is -2.38. The van der Waals surface area contributed by atoms with Crippen molar-refractivity contribution in [3.05, 3.63) is 53.9 Å². The fourth-order valence-electron chi connectivity index (χ4n) is 2.56. The van der Waals surface area contributed by atoms with Gasteiger partial charge in [-0.15, -0.1) is 0 Å². The van der Waals surface area contributed by atoms with Crippen LogP contribution in [0.25, 0.3) is 0 Å². The first-order chi connectivity index (χ1) is 10.6. The maximum atomic E-state index is 12.3. The van der Waals surface area contributed by atoms with Crippen LogP contribution in [0.15, 0.2) is 36.8 Å². The molecular formula is C15H18N6O. The molecule has 3 N–H and O–H groups in total. The summed E-state index contributed by atoms with van der Waals surface area (Å²) < 4.78 is 0. The molecule has 0 aromatic carbocycles. The van der Waals surface area contributed by atoms with Gasteiger partial charge in [0.2, 0.25) is 0 Å². The fourth-order valence-corrected chi connectivity index (χ4v) is 2.56. The van der Waals surface area contributed by atoms with E-state index in [1.807, 2.05) is 12.1 Å². The van der Waals surface area contributed by atoms with Gasteiger partial charge in [-0.25, -0.2) is 20.8 Å². The van der Waals surface area contributed by atoms with Crippen LogP contribution < -0.4 is 16.2 Å². The van der Waals surface area contributed by atoms with Crippen LogP contribution in [0.1, 0.15) is 34.8 Å². The van der Waals surface area contributed by atoms with Crippen molar-refractivity contribution in [3.63, 3.8) is 0 Å². The maximum Gasteiger partial charge on any atom is 0.271 e. The van der Waals surface area contributed by atoms with Gasteiger partial charge in [0, 0.05) is 24.5 Å². The minimum absolute atomic E-state index is 0.112. The average molecular weight is 298 g/mol. The molecule has 0 bridgehead atoms. The topological polar surface area (TPSA) is 91.8 Å². The van der Waals surface area contributed by atoms with Crippen molar-refractivity contribution in [1.82, 2.24) is 31.1 Å². The number of pyridine rings is 1. The largest absolute Gasteiger partial charge is 0.334 e. The van der Waals surface area contributed by atoms with E-state index in [1.54, 1.807) is 31.6 Å². The number of carbonyl (C=O) groups excluding carboxylic acids is 1. The van der Waals surface area contributed by atoms with Crippen molar-refractivity contribution in [3.8, 4) is 0 Å². The highest BCUT2D eigenvalue weighted by atomic mass is 16.2. The van der Waals surface area contributed by atoms with Crippen molar-refractivity contribution < 1.29 is 4.79 Å². The molecule has 0 spiro atoms. The number of carbonyl (C=O) groups is 1. The summed E-state index contributed by atoms with van der Waals surface area (Å²) in [6, 6.07) is 5.65. The lowest BCUT2D eigenvalue weighted by molar-refractivity contribution is 0.0917. The molecule has 3 heterocycles. The number of amides is 1. The highest BCUT2D eigenvalue weighted by molar-refractivity contribution is 5.92. The van der Waals surface area contributed by atoms with Gasteiger partial charge in [0.25, 0.3) is 5.91 Å². The molecule has 2 aromatic heterocycles. The monoisotopic (exact) mass is 298 g/mol. The van der Waals surface area contributed by atoms with Crippen LogP contribution >= 0.6 is 0 Å². The third-order valence-electron chi connectivity index (χ3n) is 3.81. The van der Waals surface area contributed by atoms with E-state index in [2.05, 4.69) is 38.0 Å². The molecule has 1 aliphatic rings. The Bertz CT molecular complexity index is 662. The van der Waals surface area contributed by atoms with E-state index >= 15 is 0 Å². The maximum absolute atomic E-state index is 12.3. The Morgan fingerprint density at radius 2 is 1.95 bits per heavy atom. The van der Waals surface area contributed by atoms with E-state index < -0.39 is 0 Å². The predicted octanol–water partition coefficient (Wildman–Crippen LogP) is 0.721. The summed E-state index contributed by atoms with van der Waals surface area (Å²) in [6.07, 6.45) is 4.93. The van der Waals surface area contributed by atoms with Gasteiger partial charge in [-0.3, -0.25) is 9.78 Å². The van der Waals surface area contributed by atoms with E-state index in [1.165, 1.54) is 0 Å². The Morgan fingerprint density at radius 3 is 2.68 bits per heavy atom. The molecule has 0 saturated carbocycles. The van der Waals surface area contributed by atoms with Gasteiger partial charge < -0.3 is 5.32 Å². The van der Waals surface area contributed by atoms with Crippen LogP contribution in [0.3, 0.4) is 0 Å². The molecule has 22 heavy (non-hydrogen) atoms. The lowest BCUT2D eigenvalue weighted by Crippen LogP contribution is -2.46. The third-order valence-corrected chi connectivity index (χ3v) is 3.81. The van der Waals surface area contributed by atoms with E-state index in [-0.39, 0.29) is 24.0 Å². The summed E-state index contributed by atoms with van der Waals surface area (Å²) in [5.41, 5.74) is 7.84. The van der Waals surface area contributed by atoms with Crippen LogP contribution in [-0.2, 0) is 0 Å². The Labute approximate surface area is 128 Å². The highest BCUT2D eigenvalue weighted by Gasteiger charge is 2.34. The second-order valence-electron chi connectivity index (χ2n) is 5.35. The standard InChI is InChI=1S/C15H18N6O/c1-9-13(11-3-6-16-7-4-11)20-21-14(9)19-15(22)12-5-8-17-10(2)18-12/h3-9,13-14,20-21H,1-2H3,(H,19,22).